The molecule has 17 heavy (non-hydrogen) atoms. The highest BCUT2D eigenvalue weighted by Gasteiger charge is 2.17. The van der Waals surface area contributed by atoms with Crippen LogP contribution in [0, 0.1) is 0 Å². The molecule has 0 radical (unpaired) electrons. The molecule has 0 unspecified atom stereocenters. The van der Waals surface area contributed by atoms with Crippen molar-refractivity contribution in [3.05, 3.63) is 22.4 Å². The number of nitrogens with zero attached hydrogens (tertiary/aromatic N) is 1. The maximum atomic E-state index is 11.9. The molecule has 1 aromatic heterocycles. The first-order valence-electron chi connectivity index (χ1n) is 5.69. The van der Waals surface area contributed by atoms with E-state index in [-0.39, 0.29) is 12.5 Å². The van der Waals surface area contributed by atoms with Crippen LogP contribution in [0.4, 0.5) is 0 Å². The summed E-state index contributed by atoms with van der Waals surface area (Å²) in [6.07, 6.45) is 2.86. The van der Waals surface area contributed by atoms with Gasteiger partial charge in [0.2, 0.25) is 0 Å². The highest BCUT2D eigenvalue weighted by atomic mass is 79.9. The third-order valence-corrected chi connectivity index (χ3v) is 2.68. The molecule has 1 heterocycles. The molecule has 4 nitrogen and oxygen atoms in total. The van der Waals surface area contributed by atoms with Crippen LogP contribution in [0.25, 0.3) is 0 Å². The summed E-state index contributed by atoms with van der Waals surface area (Å²) in [5.74, 6) is -0.161. The van der Waals surface area contributed by atoms with Gasteiger partial charge in [-0.25, -0.2) is 0 Å². The van der Waals surface area contributed by atoms with Gasteiger partial charge < -0.3 is 15.0 Å². The molecule has 0 aliphatic carbocycles. The number of hydrogen-bond acceptors (Lipinski definition) is 2. The molecule has 0 saturated heterocycles. The van der Waals surface area contributed by atoms with Gasteiger partial charge in [-0.15, -0.1) is 0 Å². The van der Waals surface area contributed by atoms with Crippen molar-refractivity contribution in [1.82, 2.24) is 9.88 Å². The van der Waals surface area contributed by atoms with Gasteiger partial charge in [-0.1, -0.05) is 6.92 Å². The zero-order valence-electron chi connectivity index (χ0n) is 10.5. The highest BCUT2D eigenvalue weighted by molar-refractivity contribution is 9.10. The number of halogens is 1. The van der Waals surface area contributed by atoms with Crippen molar-refractivity contribution >= 4 is 21.8 Å². The molecule has 0 atom stereocenters. The predicted molar refractivity (Wildman–Crippen MR) is 71.1 cm³/mol. The fourth-order valence-electron chi connectivity index (χ4n) is 1.48. The normalized spacial score (nSPS) is 11.6. The molecule has 5 heteroatoms. The predicted octanol–water partition coefficient (Wildman–Crippen LogP) is 2.16. The van der Waals surface area contributed by atoms with Gasteiger partial charge in [-0.2, -0.15) is 0 Å². The van der Waals surface area contributed by atoms with Crippen LogP contribution < -0.4 is 5.32 Å². The lowest BCUT2D eigenvalue weighted by Gasteiger charge is -2.18. The van der Waals surface area contributed by atoms with Gasteiger partial charge in [0, 0.05) is 23.8 Å². The Balaban J connectivity index is 2.74. The van der Waals surface area contributed by atoms with E-state index in [1.54, 1.807) is 19.9 Å². The Labute approximate surface area is 110 Å². The van der Waals surface area contributed by atoms with E-state index >= 15 is 0 Å². The molecule has 0 aromatic carbocycles. The fourth-order valence-corrected chi connectivity index (χ4v) is 1.94. The average Bonchev–Trinajstić information content (AvgIpc) is 2.55. The maximum Gasteiger partial charge on any atom is 0.268 e. The number of rotatable bonds is 5. The van der Waals surface area contributed by atoms with Crippen molar-refractivity contribution in [1.29, 1.82) is 0 Å². The Morgan fingerprint density at radius 3 is 2.76 bits per heavy atom. The summed E-state index contributed by atoms with van der Waals surface area (Å²) in [5, 5.41) is 12.3. The van der Waals surface area contributed by atoms with Crippen LogP contribution >= 0.6 is 15.9 Å². The molecule has 0 bridgehead atoms. The van der Waals surface area contributed by atoms with E-state index in [0.29, 0.717) is 5.69 Å². The average molecular weight is 303 g/mol. The van der Waals surface area contributed by atoms with Crippen molar-refractivity contribution < 1.29 is 9.90 Å². The van der Waals surface area contributed by atoms with E-state index in [4.69, 9.17) is 0 Å². The first-order valence-corrected chi connectivity index (χ1v) is 6.49. The third-order valence-electron chi connectivity index (χ3n) is 2.24. The van der Waals surface area contributed by atoms with Crippen LogP contribution in [0.5, 0.6) is 0 Å². The number of carbonyl (C=O) groups excluding carboxylic acids is 1. The summed E-state index contributed by atoms with van der Waals surface area (Å²) in [4.78, 5) is 11.9. The van der Waals surface area contributed by atoms with Gasteiger partial charge >= 0.3 is 0 Å². The van der Waals surface area contributed by atoms with Crippen molar-refractivity contribution in [3.8, 4) is 0 Å². The number of aromatic nitrogens is 1. The molecular formula is C12H19BrN2O2. The van der Waals surface area contributed by atoms with E-state index in [1.165, 1.54) is 0 Å². The van der Waals surface area contributed by atoms with E-state index < -0.39 is 5.60 Å². The second-order valence-electron chi connectivity index (χ2n) is 4.73. The minimum Gasteiger partial charge on any atom is -0.389 e. The van der Waals surface area contributed by atoms with Gasteiger partial charge in [0.1, 0.15) is 5.69 Å². The fraction of sp³-hybridized carbons (Fsp3) is 0.583. The van der Waals surface area contributed by atoms with E-state index in [1.807, 2.05) is 10.8 Å². The van der Waals surface area contributed by atoms with Crippen molar-refractivity contribution in [2.45, 2.75) is 39.3 Å². The topological polar surface area (TPSA) is 54.3 Å². The lowest BCUT2D eigenvalue weighted by Crippen LogP contribution is -2.38. The molecule has 0 saturated carbocycles. The largest absolute Gasteiger partial charge is 0.389 e. The number of aryl methyl sites for hydroxylation is 1. The Morgan fingerprint density at radius 1 is 1.59 bits per heavy atom. The van der Waals surface area contributed by atoms with Crippen LogP contribution in [-0.2, 0) is 6.54 Å². The molecular weight excluding hydrogens is 284 g/mol. The summed E-state index contributed by atoms with van der Waals surface area (Å²) in [6.45, 7) is 6.42. The molecule has 0 aliphatic heterocycles. The molecule has 0 spiro atoms. The van der Waals surface area contributed by atoms with Crippen molar-refractivity contribution in [3.63, 3.8) is 0 Å². The summed E-state index contributed by atoms with van der Waals surface area (Å²) in [5.41, 5.74) is -0.280. The number of aliphatic hydroxyl groups is 1. The van der Waals surface area contributed by atoms with Crippen LogP contribution in [-0.4, -0.2) is 27.7 Å². The number of carbonyl (C=O) groups is 1. The summed E-state index contributed by atoms with van der Waals surface area (Å²) in [7, 11) is 0. The highest BCUT2D eigenvalue weighted by Crippen LogP contribution is 2.15. The lowest BCUT2D eigenvalue weighted by atomic mass is 10.1. The zero-order valence-corrected chi connectivity index (χ0v) is 12.0. The number of nitrogens with one attached hydrogen (secondary N) is 1. The second-order valence-corrected chi connectivity index (χ2v) is 5.65. The van der Waals surface area contributed by atoms with Gasteiger partial charge in [0.05, 0.1) is 5.60 Å². The van der Waals surface area contributed by atoms with E-state index in [9.17, 15) is 9.90 Å². The van der Waals surface area contributed by atoms with Gasteiger partial charge in [-0.05, 0) is 42.3 Å². The summed E-state index contributed by atoms with van der Waals surface area (Å²) >= 11 is 3.36. The molecule has 1 rings (SSSR count). The number of amides is 1. The monoisotopic (exact) mass is 302 g/mol. The number of hydrogen-bond donors (Lipinski definition) is 2. The Bertz CT molecular complexity index is 394. The smallest absolute Gasteiger partial charge is 0.268 e. The van der Waals surface area contributed by atoms with Crippen molar-refractivity contribution in [2.24, 2.45) is 0 Å². The van der Waals surface area contributed by atoms with E-state index in [2.05, 4.69) is 28.2 Å². The Morgan fingerprint density at radius 2 is 2.24 bits per heavy atom. The van der Waals surface area contributed by atoms with Gasteiger partial charge in [-0.3, -0.25) is 4.79 Å². The molecule has 96 valence electrons. The maximum absolute atomic E-state index is 11.9. The molecule has 1 aromatic rings. The standard InChI is InChI=1S/C12H19BrN2O2/c1-4-5-15-7-9(13)6-10(15)11(16)14-8-12(2,3)17/h6-7,17H,4-5,8H2,1-3H3,(H,14,16). The zero-order chi connectivity index (χ0) is 13.1. The summed E-state index contributed by atoms with van der Waals surface area (Å²) < 4.78 is 2.79. The van der Waals surface area contributed by atoms with Gasteiger partial charge in [0.25, 0.3) is 5.91 Å². The first kappa shape index (κ1) is 14.3. The Hall–Kier alpha value is -0.810. The minimum absolute atomic E-state index is 0.161. The minimum atomic E-state index is -0.894. The summed E-state index contributed by atoms with van der Waals surface area (Å²) in [6, 6.07) is 1.79. The SMILES string of the molecule is CCCn1cc(Br)cc1C(=O)NCC(C)(C)O. The molecule has 1 amide bonds. The quantitative estimate of drug-likeness (QED) is 0.876. The van der Waals surface area contributed by atoms with E-state index in [0.717, 1.165) is 17.4 Å². The third kappa shape index (κ3) is 4.52. The first-order chi connectivity index (χ1) is 7.83. The van der Waals surface area contributed by atoms with Crippen molar-refractivity contribution in [2.75, 3.05) is 6.54 Å². The van der Waals surface area contributed by atoms with Crippen LogP contribution in [0.15, 0.2) is 16.7 Å². The molecule has 0 aliphatic rings. The second kappa shape index (κ2) is 5.69. The molecule has 2 N–H and O–H groups in total. The van der Waals surface area contributed by atoms with Crippen LogP contribution in [0.2, 0.25) is 0 Å². The van der Waals surface area contributed by atoms with Crippen LogP contribution in [0.3, 0.4) is 0 Å². The Kier molecular flexibility index (Phi) is 4.77. The lowest BCUT2D eigenvalue weighted by molar-refractivity contribution is 0.0689. The van der Waals surface area contributed by atoms with Crippen LogP contribution in [0.1, 0.15) is 37.7 Å². The molecule has 0 fully saturated rings. The van der Waals surface area contributed by atoms with Gasteiger partial charge in [0.15, 0.2) is 0 Å².